The van der Waals surface area contributed by atoms with Crippen molar-refractivity contribution in [3.8, 4) is 5.75 Å². The molecule has 2 aromatic rings. The highest BCUT2D eigenvalue weighted by Crippen LogP contribution is 2.20. The first-order valence-corrected chi connectivity index (χ1v) is 6.57. The predicted molar refractivity (Wildman–Crippen MR) is 76.6 cm³/mol. The van der Waals surface area contributed by atoms with Gasteiger partial charge in [-0.25, -0.2) is 0 Å². The quantitative estimate of drug-likeness (QED) is 0.838. The Morgan fingerprint density at radius 1 is 1.35 bits per heavy atom. The third kappa shape index (κ3) is 2.99. The van der Waals surface area contributed by atoms with E-state index in [1.807, 2.05) is 38.2 Å². The summed E-state index contributed by atoms with van der Waals surface area (Å²) in [6.07, 6.45) is 1.72. The molecule has 0 radical (unpaired) electrons. The molecule has 2 rings (SSSR count). The zero-order valence-corrected chi connectivity index (χ0v) is 12.0. The lowest BCUT2D eigenvalue weighted by Gasteiger charge is -2.19. The lowest BCUT2D eigenvalue weighted by molar-refractivity contribution is 0.0778. The van der Waals surface area contributed by atoms with Gasteiger partial charge in [-0.3, -0.25) is 9.48 Å². The summed E-state index contributed by atoms with van der Waals surface area (Å²) in [5, 5.41) is 4.10. The van der Waals surface area contributed by atoms with Gasteiger partial charge in [0.15, 0.2) is 0 Å². The van der Waals surface area contributed by atoms with Gasteiger partial charge in [-0.05, 0) is 25.1 Å². The van der Waals surface area contributed by atoms with Gasteiger partial charge < -0.3 is 9.64 Å². The molecule has 0 aliphatic carbocycles. The van der Waals surface area contributed by atoms with Gasteiger partial charge >= 0.3 is 0 Å². The smallest absolute Gasteiger partial charge is 0.257 e. The first kappa shape index (κ1) is 14.1. The molecule has 1 amide bonds. The Morgan fingerprint density at radius 3 is 2.75 bits per heavy atom. The zero-order valence-electron chi connectivity index (χ0n) is 12.0. The number of hydrogen-bond acceptors (Lipinski definition) is 3. The maximum atomic E-state index is 12.5. The number of carbonyl (C=O) groups is 1. The molecule has 0 spiro atoms. The number of rotatable bonds is 5. The van der Waals surface area contributed by atoms with E-state index in [4.69, 9.17) is 4.74 Å². The Hall–Kier alpha value is -2.30. The molecule has 1 heterocycles. The van der Waals surface area contributed by atoms with E-state index in [1.165, 1.54) is 0 Å². The minimum absolute atomic E-state index is 0.0600. The standard InChI is InChI=1S/C15H19N3O2/c1-4-20-14-8-6-5-7-13(14)15(19)17(2)11-12-9-10-16-18(12)3/h5-10H,4,11H2,1-3H3. The molecule has 5 heteroatoms. The summed E-state index contributed by atoms with van der Waals surface area (Å²) in [5.41, 5.74) is 1.56. The van der Waals surface area contributed by atoms with Crippen molar-refractivity contribution in [1.29, 1.82) is 0 Å². The number of hydrogen-bond donors (Lipinski definition) is 0. The van der Waals surface area contributed by atoms with Gasteiger partial charge in [0.1, 0.15) is 5.75 Å². The van der Waals surface area contributed by atoms with Gasteiger partial charge in [0, 0.05) is 20.3 Å². The van der Waals surface area contributed by atoms with Crippen molar-refractivity contribution in [3.63, 3.8) is 0 Å². The average molecular weight is 273 g/mol. The monoisotopic (exact) mass is 273 g/mol. The van der Waals surface area contributed by atoms with Crippen LogP contribution in [0.3, 0.4) is 0 Å². The lowest BCUT2D eigenvalue weighted by atomic mass is 10.1. The molecule has 1 aromatic carbocycles. The zero-order chi connectivity index (χ0) is 14.5. The normalized spacial score (nSPS) is 10.3. The largest absolute Gasteiger partial charge is 0.493 e. The second-order valence-electron chi connectivity index (χ2n) is 4.54. The topological polar surface area (TPSA) is 47.4 Å². The van der Waals surface area contributed by atoms with E-state index in [0.717, 1.165) is 5.69 Å². The predicted octanol–water partition coefficient (Wildman–Crippen LogP) is 2.09. The van der Waals surface area contributed by atoms with E-state index in [0.29, 0.717) is 24.5 Å². The van der Waals surface area contributed by atoms with Gasteiger partial charge in [-0.15, -0.1) is 0 Å². The van der Waals surface area contributed by atoms with Crippen LogP contribution < -0.4 is 4.74 Å². The van der Waals surface area contributed by atoms with Crippen molar-refractivity contribution >= 4 is 5.91 Å². The highest BCUT2D eigenvalue weighted by molar-refractivity contribution is 5.96. The summed E-state index contributed by atoms with van der Waals surface area (Å²) in [5.74, 6) is 0.562. The van der Waals surface area contributed by atoms with Crippen LogP contribution in [0.15, 0.2) is 36.5 Å². The first-order valence-electron chi connectivity index (χ1n) is 6.57. The Bertz CT molecular complexity index is 592. The minimum atomic E-state index is -0.0600. The molecule has 0 unspecified atom stereocenters. The van der Waals surface area contributed by atoms with E-state index < -0.39 is 0 Å². The van der Waals surface area contributed by atoms with Crippen LogP contribution in [0.1, 0.15) is 23.0 Å². The molecule has 0 saturated carbocycles. The van der Waals surface area contributed by atoms with Crippen LogP contribution in [0.4, 0.5) is 0 Å². The van der Waals surface area contributed by atoms with E-state index in [9.17, 15) is 4.79 Å². The molecule has 5 nitrogen and oxygen atoms in total. The first-order chi connectivity index (χ1) is 9.63. The third-order valence-corrected chi connectivity index (χ3v) is 3.09. The number of nitrogens with zero attached hydrogens (tertiary/aromatic N) is 3. The van der Waals surface area contributed by atoms with Crippen LogP contribution in [-0.4, -0.2) is 34.2 Å². The fourth-order valence-electron chi connectivity index (χ4n) is 2.00. The van der Waals surface area contributed by atoms with Crippen LogP contribution in [0.25, 0.3) is 0 Å². The number of carbonyl (C=O) groups excluding carboxylic acids is 1. The molecular weight excluding hydrogens is 254 g/mol. The van der Waals surface area contributed by atoms with E-state index in [1.54, 1.807) is 28.9 Å². The molecule has 0 saturated heterocycles. The Morgan fingerprint density at radius 2 is 2.10 bits per heavy atom. The molecule has 20 heavy (non-hydrogen) atoms. The number of ether oxygens (including phenoxy) is 1. The fourth-order valence-corrected chi connectivity index (χ4v) is 2.00. The van der Waals surface area contributed by atoms with Gasteiger partial charge in [0.25, 0.3) is 5.91 Å². The molecule has 0 aliphatic rings. The van der Waals surface area contributed by atoms with E-state index in [-0.39, 0.29) is 5.91 Å². The van der Waals surface area contributed by atoms with Crippen LogP contribution in [-0.2, 0) is 13.6 Å². The van der Waals surface area contributed by atoms with Gasteiger partial charge in [-0.2, -0.15) is 5.10 Å². The van der Waals surface area contributed by atoms with Crippen LogP contribution in [0.2, 0.25) is 0 Å². The van der Waals surface area contributed by atoms with Crippen molar-refractivity contribution in [2.75, 3.05) is 13.7 Å². The maximum absolute atomic E-state index is 12.5. The summed E-state index contributed by atoms with van der Waals surface area (Å²) in [7, 11) is 3.64. The van der Waals surface area contributed by atoms with Crippen molar-refractivity contribution in [2.45, 2.75) is 13.5 Å². The Balaban J connectivity index is 2.16. The summed E-state index contributed by atoms with van der Waals surface area (Å²) in [6.45, 7) is 2.95. The van der Waals surface area contributed by atoms with Crippen molar-refractivity contribution in [1.82, 2.24) is 14.7 Å². The van der Waals surface area contributed by atoms with Gasteiger partial charge in [-0.1, -0.05) is 12.1 Å². The second-order valence-corrected chi connectivity index (χ2v) is 4.54. The Kier molecular flexibility index (Phi) is 4.40. The summed E-state index contributed by atoms with van der Waals surface area (Å²) >= 11 is 0. The van der Waals surface area contributed by atoms with Crippen LogP contribution in [0.5, 0.6) is 5.75 Å². The molecule has 0 N–H and O–H groups in total. The van der Waals surface area contributed by atoms with Gasteiger partial charge in [0.2, 0.25) is 0 Å². The van der Waals surface area contributed by atoms with E-state index >= 15 is 0 Å². The number of para-hydroxylation sites is 1. The number of aromatic nitrogens is 2. The number of amides is 1. The SMILES string of the molecule is CCOc1ccccc1C(=O)N(C)Cc1ccnn1C. The maximum Gasteiger partial charge on any atom is 0.257 e. The minimum Gasteiger partial charge on any atom is -0.493 e. The van der Waals surface area contributed by atoms with Crippen molar-refractivity contribution in [2.24, 2.45) is 7.05 Å². The molecule has 106 valence electrons. The molecule has 0 fully saturated rings. The number of aryl methyl sites for hydroxylation is 1. The molecular formula is C15H19N3O2. The average Bonchev–Trinajstić information content (AvgIpc) is 2.84. The van der Waals surface area contributed by atoms with Gasteiger partial charge in [0.05, 0.1) is 24.4 Å². The van der Waals surface area contributed by atoms with E-state index in [2.05, 4.69) is 5.10 Å². The van der Waals surface area contributed by atoms with Crippen LogP contribution in [0, 0.1) is 0 Å². The lowest BCUT2D eigenvalue weighted by Crippen LogP contribution is -2.27. The molecule has 0 bridgehead atoms. The molecule has 0 aliphatic heterocycles. The number of benzene rings is 1. The van der Waals surface area contributed by atoms with Crippen LogP contribution >= 0.6 is 0 Å². The third-order valence-electron chi connectivity index (χ3n) is 3.09. The van der Waals surface area contributed by atoms with Crippen molar-refractivity contribution < 1.29 is 9.53 Å². The molecule has 1 aromatic heterocycles. The Labute approximate surface area is 118 Å². The van der Waals surface area contributed by atoms with Crippen molar-refractivity contribution in [3.05, 3.63) is 47.8 Å². The summed E-state index contributed by atoms with van der Waals surface area (Å²) in [4.78, 5) is 14.2. The highest BCUT2D eigenvalue weighted by Gasteiger charge is 2.17. The second kappa shape index (κ2) is 6.23. The summed E-state index contributed by atoms with van der Waals surface area (Å²) < 4.78 is 7.26. The highest BCUT2D eigenvalue weighted by atomic mass is 16.5. The summed E-state index contributed by atoms with van der Waals surface area (Å²) in [6, 6.07) is 9.20. The fraction of sp³-hybridized carbons (Fsp3) is 0.333. The molecule has 0 atom stereocenters.